The first-order valence-corrected chi connectivity index (χ1v) is 8.81. The Kier molecular flexibility index (Phi) is 5.53. The molecule has 0 amide bonds. The van der Waals surface area contributed by atoms with Gasteiger partial charge in [0, 0.05) is 18.2 Å². The lowest BCUT2D eigenvalue weighted by molar-refractivity contribution is -0.385. The molecule has 0 spiro atoms. The van der Waals surface area contributed by atoms with Crippen LogP contribution in [-0.2, 0) is 10.0 Å². The largest absolute Gasteiger partial charge is 0.494 e. The van der Waals surface area contributed by atoms with Gasteiger partial charge >= 0.3 is 0 Å². The molecule has 8 heteroatoms. The normalized spacial score (nSPS) is 12.6. The Morgan fingerprint density at radius 2 is 1.88 bits per heavy atom. The smallest absolute Gasteiger partial charge is 0.270 e. The van der Waals surface area contributed by atoms with Crippen LogP contribution in [-0.4, -0.2) is 19.9 Å². The number of nitrogens with one attached hydrogen (secondary N) is 1. The first kappa shape index (κ1) is 17.9. The van der Waals surface area contributed by atoms with Crippen LogP contribution in [0.1, 0.15) is 25.5 Å². The van der Waals surface area contributed by atoms with Crippen molar-refractivity contribution >= 4 is 15.7 Å². The van der Waals surface area contributed by atoms with Crippen molar-refractivity contribution in [1.29, 1.82) is 0 Å². The fourth-order valence-corrected chi connectivity index (χ4v) is 3.42. The Bertz CT molecular complexity index is 819. The molecule has 0 saturated carbocycles. The van der Waals surface area contributed by atoms with E-state index >= 15 is 0 Å². The molecular formula is C16H18N2O5S. The fourth-order valence-electron chi connectivity index (χ4n) is 2.15. The number of rotatable bonds is 7. The molecule has 0 fully saturated rings. The van der Waals surface area contributed by atoms with Gasteiger partial charge in [-0.25, -0.2) is 13.1 Å². The number of sulfonamides is 1. The number of hydrogen-bond acceptors (Lipinski definition) is 5. The van der Waals surface area contributed by atoms with E-state index < -0.39 is 21.0 Å². The molecular weight excluding hydrogens is 332 g/mol. The monoisotopic (exact) mass is 350 g/mol. The van der Waals surface area contributed by atoms with Gasteiger partial charge in [-0.05, 0) is 37.6 Å². The van der Waals surface area contributed by atoms with E-state index in [9.17, 15) is 18.5 Å². The van der Waals surface area contributed by atoms with Crippen molar-refractivity contribution in [3.05, 3.63) is 64.2 Å². The Hall–Kier alpha value is -2.45. The van der Waals surface area contributed by atoms with Crippen LogP contribution in [0, 0.1) is 10.1 Å². The van der Waals surface area contributed by atoms with E-state index in [4.69, 9.17) is 4.74 Å². The maximum atomic E-state index is 12.4. The van der Waals surface area contributed by atoms with E-state index in [1.54, 1.807) is 31.2 Å². The summed E-state index contributed by atoms with van der Waals surface area (Å²) >= 11 is 0. The van der Waals surface area contributed by atoms with Gasteiger partial charge in [0.2, 0.25) is 10.0 Å². The standard InChI is InChI=1S/C16H18N2O5S/c1-3-23-15-9-7-13(8-10-15)12(2)17-24(21,22)16-6-4-5-14(11-16)18(19)20/h4-12,17H,3H2,1-2H3. The first-order chi connectivity index (χ1) is 11.3. The van der Waals surface area contributed by atoms with Crippen molar-refractivity contribution in [1.82, 2.24) is 4.72 Å². The molecule has 0 heterocycles. The molecule has 1 N–H and O–H groups in total. The minimum atomic E-state index is -3.87. The maximum Gasteiger partial charge on any atom is 0.270 e. The summed E-state index contributed by atoms with van der Waals surface area (Å²) in [7, 11) is -3.87. The molecule has 1 atom stereocenters. The minimum Gasteiger partial charge on any atom is -0.494 e. The third-order valence-electron chi connectivity index (χ3n) is 3.36. The van der Waals surface area contributed by atoms with E-state index in [2.05, 4.69) is 4.72 Å². The number of nitrogens with zero attached hydrogens (tertiary/aromatic N) is 1. The molecule has 0 aliphatic carbocycles. The van der Waals surface area contributed by atoms with Gasteiger partial charge in [-0.2, -0.15) is 0 Å². The molecule has 2 aromatic rings. The fraction of sp³-hybridized carbons (Fsp3) is 0.250. The number of ether oxygens (including phenoxy) is 1. The molecule has 2 rings (SSSR count). The molecule has 0 aliphatic heterocycles. The molecule has 24 heavy (non-hydrogen) atoms. The molecule has 0 bridgehead atoms. The second-order valence-electron chi connectivity index (χ2n) is 5.10. The minimum absolute atomic E-state index is 0.144. The van der Waals surface area contributed by atoms with Crippen molar-refractivity contribution in [3.8, 4) is 5.75 Å². The average Bonchev–Trinajstić information content (AvgIpc) is 2.55. The zero-order valence-corrected chi connectivity index (χ0v) is 14.1. The molecule has 0 radical (unpaired) electrons. The summed E-state index contributed by atoms with van der Waals surface area (Å²) in [4.78, 5) is 10.0. The second-order valence-corrected chi connectivity index (χ2v) is 6.81. The van der Waals surface area contributed by atoms with Crippen LogP contribution < -0.4 is 9.46 Å². The number of hydrogen-bond donors (Lipinski definition) is 1. The van der Waals surface area contributed by atoms with Crippen LogP contribution in [0.4, 0.5) is 5.69 Å². The SMILES string of the molecule is CCOc1ccc(C(C)NS(=O)(=O)c2cccc([N+](=O)[O-])c2)cc1. The number of nitro benzene ring substituents is 1. The highest BCUT2D eigenvalue weighted by molar-refractivity contribution is 7.89. The quantitative estimate of drug-likeness (QED) is 0.611. The van der Waals surface area contributed by atoms with Gasteiger partial charge < -0.3 is 4.74 Å². The molecule has 7 nitrogen and oxygen atoms in total. The first-order valence-electron chi connectivity index (χ1n) is 7.33. The number of non-ortho nitro benzene ring substituents is 1. The molecule has 2 aromatic carbocycles. The Balaban J connectivity index is 2.18. The van der Waals surface area contributed by atoms with Gasteiger partial charge in [0.05, 0.1) is 16.4 Å². The van der Waals surface area contributed by atoms with Crippen molar-refractivity contribution in [2.24, 2.45) is 0 Å². The zero-order chi connectivity index (χ0) is 17.7. The zero-order valence-electron chi connectivity index (χ0n) is 13.3. The van der Waals surface area contributed by atoms with Crippen LogP contribution in [0.3, 0.4) is 0 Å². The molecule has 0 aromatic heterocycles. The Morgan fingerprint density at radius 1 is 1.21 bits per heavy atom. The van der Waals surface area contributed by atoms with Gasteiger partial charge in [-0.15, -0.1) is 0 Å². The van der Waals surface area contributed by atoms with E-state index in [-0.39, 0.29) is 10.6 Å². The summed E-state index contributed by atoms with van der Waals surface area (Å²) < 4.78 is 32.7. The van der Waals surface area contributed by atoms with Crippen molar-refractivity contribution < 1.29 is 18.1 Å². The summed E-state index contributed by atoms with van der Waals surface area (Å²) in [6, 6.07) is 11.5. The van der Waals surface area contributed by atoms with Crippen molar-refractivity contribution in [3.63, 3.8) is 0 Å². The molecule has 1 unspecified atom stereocenters. The van der Waals surface area contributed by atoms with Gasteiger partial charge in [-0.1, -0.05) is 18.2 Å². The second kappa shape index (κ2) is 7.41. The average molecular weight is 350 g/mol. The lowest BCUT2D eigenvalue weighted by atomic mass is 10.1. The van der Waals surface area contributed by atoms with Gasteiger partial charge in [0.15, 0.2) is 0 Å². The summed E-state index contributed by atoms with van der Waals surface area (Å²) in [5, 5.41) is 10.8. The van der Waals surface area contributed by atoms with Crippen LogP contribution in [0.25, 0.3) is 0 Å². The van der Waals surface area contributed by atoms with Crippen LogP contribution >= 0.6 is 0 Å². The van der Waals surface area contributed by atoms with E-state index in [1.165, 1.54) is 18.2 Å². The van der Waals surface area contributed by atoms with Gasteiger partial charge in [-0.3, -0.25) is 10.1 Å². The van der Waals surface area contributed by atoms with Crippen LogP contribution in [0.5, 0.6) is 5.75 Å². The van der Waals surface area contributed by atoms with E-state index in [0.29, 0.717) is 12.4 Å². The predicted molar refractivity (Wildman–Crippen MR) is 89.4 cm³/mol. The highest BCUT2D eigenvalue weighted by Gasteiger charge is 2.20. The highest BCUT2D eigenvalue weighted by Crippen LogP contribution is 2.22. The molecule has 128 valence electrons. The number of benzene rings is 2. The van der Waals surface area contributed by atoms with E-state index in [0.717, 1.165) is 11.6 Å². The lowest BCUT2D eigenvalue weighted by Crippen LogP contribution is -2.26. The predicted octanol–water partition coefficient (Wildman–Crippen LogP) is 3.03. The van der Waals surface area contributed by atoms with Crippen molar-refractivity contribution in [2.75, 3.05) is 6.61 Å². The van der Waals surface area contributed by atoms with Gasteiger partial charge in [0.25, 0.3) is 5.69 Å². The summed E-state index contributed by atoms with van der Waals surface area (Å²) in [6.07, 6.45) is 0. The summed E-state index contributed by atoms with van der Waals surface area (Å²) in [5.41, 5.74) is 0.485. The van der Waals surface area contributed by atoms with Crippen LogP contribution in [0.2, 0.25) is 0 Å². The molecule has 0 aliphatic rings. The molecule has 0 saturated heterocycles. The Labute approximate surface area is 140 Å². The van der Waals surface area contributed by atoms with Crippen LogP contribution in [0.15, 0.2) is 53.4 Å². The lowest BCUT2D eigenvalue weighted by Gasteiger charge is -2.15. The van der Waals surface area contributed by atoms with Crippen molar-refractivity contribution in [2.45, 2.75) is 24.8 Å². The Morgan fingerprint density at radius 3 is 2.46 bits per heavy atom. The third-order valence-corrected chi connectivity index (χ3v) is 4.90. The summed E-state index contributed by atoms with van der Waals surface area (Å²) in [5.74, 6) is 0.704. The van der Waals surface area contributed by atoms with E-state index in [1.807, 2.05) is 6.92 Å². The summed E-state index contributed by atoms with van der Waals surface area (Å²) in [6.45, 7) is 4.13. The number of nitro groups is 1. The van der Waals surface area contributed by atoms with Gasteiger partial charge in [0.1, 0.15) is 5.75 Å². The maximum absolute atomic E-state index is 12.4. The third kappa shape index (κ3) is 4.30. The topological polar surface area (TPSA) is 98.5 Å². The highest BCUT2D eigenvalue weighted by atomic mass is 32.2.